The second-order valence-electron chi connectivity index (χ2n) is 11.9. The first-order valence-electron chi connectivity index (χ1n) is 13.3. The molecule has 6 aliphatic rings. The molecule has 0 amide bonds. The summed E-state index contributed by atoms with van der Waals surface area (Å²) in [4.78, 5) is 12.6. The summed E-state index contributed by atoms with van der Waals surface area (Å²) in [6.45, 7) is 7.55. The van der Waals surface area contributed by atoms with Crippen LogP contribution in [0.15, 0.2) is 48.5 Å². The van der Waals surface area contributed by atoms with Gasteiger partial charge >= 0.3 is 0 Å². The molecule has 0 radical (unpaired) electrons. The lowest BCUT2D eigenvalue weighted by molar-refractivity contribution is -0.495. The smallest absolute Gasteiger partial charge is 0.161 e. The molecule has 3 aliphatic carbocycles. The Hall–Kier alpha value is -1.72. The lowest BCUT2D eigenvalue weighted by Crippen LogP contribution is -2.69. The fourth-order valence-electron chi connectivity index (χ4n) is 8.24. The number of rotatable bonds is 3. The molecule has 1 spiro atoms. The van der Waals surface area contributed by atoms with Crippen molar-refractivity contribution in [1.29, 1.82) is 0 Å². The molecule has 4 nitrogen and oxygen atoms in total. The number of hydrogen-bond acceptors (Lipinski definition) is 4. The summed E-state index contributed by atoms with van der Waals surface area (Å²) in [6, 6.07) is 17.5. The summed E-state index contributed by atoms with van der Waals surface area (Å²) in [5.74, 6) is 2.06. The summed E-state index contributed by atoms with van der Waals surface area (Å²) in [6.07, 6.45) is 5.36. The van der Waals surface area contributed by atoms with Crippen molar-refractivity contribution < 1.29 is 19.2 Å². The van der Waals surface area contributed by atoms with E-state index in [0.717, 1.165) is 19.3 Å². The zero-order valence-corrected chi connectivity index (χ0v) is 20.5. The molecule has 2 bridgehead atoms. The van der Waals surface area contributed by atoms with Crippen LogP contribution in [0.5, 0.6) is 0 Å². The van der Waals surface area contributed by atoms with Crippen molar-refractivity contribution >= 4 is 0 Å². The van der Waals surface area contributed by atoms with E-state index >= 15 is 0 Å². The van der Waals surface area contributed by atoms with E-state index in [2.05, 4.69) is 69.3 Å². The highest BCUT2D eigenvalue weighted by molar-refractivity contribution is 5.78. The molecule has 3 heterocycles. The van der Waals surface area contributed by atoms with Gasteiger partial charge in [0.15, 0.2) is 6.29 Å². The molecule has 2 aromatic carbocycles. The Labute approximate surface area is 202 Å². The first kappa shape index (κ1) is 21.6. The molecule has 2 aromatic rings. The Morgan fingerprint density at radius 3 is 2.32 bits per heavy atom. The van der Waals surface area contributed by atoms with Gasteiger partial charge in [-0.15, -0.1) is 0 Å². The summed E-state index contributed by atoms with van der Waals surface area (Å²) in [5, 5.41) is 0. The van der Waals surface area contributed by atoms with E-state index in [1.165, 1.54) is 35.1 Å². The van der Waals surface area contributed by atoms with Gasteiger partial charge in [0, 0.05) is 24.2 Å². The lowest BCUT2D eigenvalue weighted by Gasteiger charge is -2.61. The molecule has 34 heavy (non-hydrogen) atoms. The van der Waals surface area contributed by atoms with Crippen molar-refractivity contribution in [2.24, 2.45) is 23.7 Å². The van der Waals surface area contributed by atoms with Crippen LogP contribution in [0.3, 0.4) is 0 Å². The molecule has 0 N–H and O–H groups in total. The number of benzene rings is 2. The highest BCUT2D eigenvalue weighted by Crippen LogP contribution is 2.61. The Morgan fingerprint density at radius 1 is 0.882 bits per heavy atom. The van der Waals surface area contributed by atoms with Crippen LogP contribution >= 0.6 is 0 Å². The Kier molecular flexibility index (Phi) is 4.84. The maximum atomic E-state index is 6.87. The average Bonchev–Trinajstić information content (AvgIpc) is 2.98. The summed E-state index contributed by atoms with van der Waals surface area (Å²) >= 11 is 0. The van der Waals surface area contributed by atoms with Gasteiger partial charge in [-0.25, -0.2) is 9.78 Å². The molecule has 180 valence electrons. The van der Waals surface area contributed by atoms with Crippen LogP contribution in [-0.4, -0.2) is 30.2 Å². The topological polar surface area (TPSA) is 36.9 Å². The quantitative estimate of drug-likeness (QED) is 0.491. The first-order valence-corrected chi connectivity index (χ1v) is 13.3. The number of fused-ring (bicyclic) bond motifs is 5. The van der Waals surface area contributed by atoms with Gasteiger partial charge in [-0.1, -0.05) is 62.4 Å². The van der Waals surface area contributed by atoms with Crippen LogP contribution in [0.4, 0.5) is 0 Å². The maximum absolute atomic E-state index is 6.87. The predicted octanol–water partition coefficient (Wildman–Crippen LogP) is 6.48. The number of hydrogen-bond donors (Lipinski definition) is 0. The zero-order chi connectivity index (χ0) is 23.1. The molecule has 3 saturated heterocycles. The van der Waals surface area contributed by atoms with Crippen molar-refractivity contribution in [3.63, 3.8) is 0 Å². The van der Waals surface area contributed by atoms with E-state index in [0.29, 0.717) is 24.4 Å². The minimum atomic E-state index is -0.320. The van der Waals surface area contributed by atoms with E-state index in [1.807, 2.05) is 0 Å². The van der Waals surface area contributed by atoms with Crippen LogP contribution < -0.4 is 0 Å². The van der Waals surface area contributed by atoms with E-state index in [9.17, 15) is 0 Å². The van der Waals surface area contributed by atoms with E-state index in [-0.39, 0.29) is 35.4 Å². The second-order valence-corrected chi connectivity index (χ2v) is 11.9. The number of ether oxygens (including phenoxy) is 2. The Bertz CT molecular complexity index is 1050. The van der Waals surface area contributed by atoms with Crippen LogP contribution in [0.2, 0.25) is 0 Å². The lowest BCUT2D eigenvalue weighted by atomic mass is 9.56. The van der Waals surface area contributed by atoms with Gasteiger partial charge in [0.1, 0.15) is 11.2 Å². The second kappa shape index (κ2) is 7.64. The fraction of sp³-hybridized carbons (Fsp3) is 0.600. The fourth-order valence-corrected chi connectivity index (χ4v) is 8.24. The summed E-state index contributed by atoms with van der Waals surface area (Å²) < 4.78 is 13.6. The molecule has 0 unspecified atom stereocenters. The minimum absolute atomic E-state index is 0.0378. The molecule has 3 aliphatic heterocycles. The molecule has 2 saturated carbocycles. The largest absolute Gasteiger partial charge is 0.351 e. The van der Waals surface area contributed by atoms with Crippen molar-refractivity contribution in [2.45, 2.75) is 82.4 Å². The van der Waals surface area contributed by atoms with Crippen molar-refractivity contribution in [3.05, 3.63) is 59.7 Å². The van der Waals surface area contributed by atoms with Crippen molar-refractivity contribution in [3.8, 4) is 11.1 Å². The van der Waals surface area contributed by atoms with E-state index in [1.54, 1.807) is 0 Å². The summed E-state index contributed by atoms with van der Waals surface area (Å²) in [7, 11) is 0. The Morgan fingerprint density at radius 2 is 1.59 bits per heavy atom. The normalized spacial score (nSPS) is 42.6. The molecule has 4 heteroatoms. The van der Waals surface area contributed by atoms with Gasteiger partial charge in [0.05, 0.1) is 12.7 Å². The predicted molar refractivity (Wildman–Crippen MR) is 130 cm³/mol. The van der Waals surface area contributed by atoms with Crippen LogP contribution in [0.1, 0.15) is 69.9 Å². The van der Waals surface area contributed by atoms with Gasteiger partial charge in [0.2, 0.25) is 0 Å². The SMILES string of the molecule is C[C@H]1[C@H](OCC2c3ccccc3-c3ccccc32)O[C@@H]2C[C@]3(C)CC[C@H]4[C@H](C)CC[C@@H]1[C@@]24OO3. The standard InChI is InChI=1S/C30H36O4/c1-18-12-13-26-19(2)28(32-27-16-29(3)15-14-25(18)30(26,27)34-33-29)31-17-24-22-10-6-4-8-20(22)21-9-5-7-11-23(21)24/h4-11,18-19,24-28H,12-17H2,1-3H3/t18-,19-,25+,26+,27-,28-,29+,30-/m1/s1. The third kappa shape index (κ3) is 2.92. The van der Waals surface area contributed by atoms with Crippen molar-refractivity contribution in [1.82, 2.24) is 0 Å². The Balaban J connectivity index is 1.18. The van der Waals surface area contributed by atoms with Gasteiger partial charge in [-0.2, -0.15) is 0 Å². The maximum Gasteiger partial charge on any atom is 0.161 e. The third-order valence-electron chi connectivity index (χ3n) is 10.0. The van der Waals surface area contributed by atoms with E-state index < -0.39 is 0 Å². The highest BCUT2D eigenvalue weighted by Gasteiger charge is 2.68. The summed E-state index contributed by atoms with van der Waals surface area (Å²) in [5.41, 5.74) is 4.84. The van der Waals surface area contributed by atoms with Crippen LogP contribution in [0.25, 0.3) is 11.1 Å². The first-order chi connectivity index (χ1) is 16.5. The minimum Gasteiger partial charge on any atom is -0.351 e. The molecule has 5 fully saturated rings. The van der Waals surface area contributed by atoms with Gasteiger partial charge in [-0.05, 0) is 66.7 Å². The molecule has 8 atom stereocenters. The van der Waals surface area contributed by atoms with Gasteiger partial charge in [-0.3, -0.25) is 0 Å². The molecular weight excluding hydrogens is 424 g/mol. The molecule has 0 aromatic heterocycles. The van der Waals surface area contributed by atoms with E-state index in [4.69, 9.17) is 19.2 Å². The van der Waals surface area contributed by atoms with Crippen molar-refractivity contribution in [2.75, 3.05) is 6.61 Å². The molecule has 8 rings (SSSR count). The third-order valence-corrected chi connectivity index (χ3v) is 10.0. The molecular formula is C30H36O4. The average molecular weight is 461 g/mol. The van der Waals surface area contributed by atoms with Crippen LogP contribution in [0, 0.1) is 23.7 Å². The van der Waals surface area contributed by atoms with Gasteiger partial charge < -0.3 is 9.47 Å². The van der Waals surface area contributed by atoms with Gasteiger partial charge in [0.25, 0.3) is 0 Å². The van der Waals surface area contributed by atoms with Crippen LogP contribution in [-0.2, 0) is 19.2 Å². The highest BCUT2D eigenvalue weighted by atomic mass is 17.2. The monoisotopic (exact) mass is 460 g/mol. The zero-order valence-electron chi connectivity index (χ0n) is 20.5.